The molecule has 3 heteroatoms. The zero-order chi connectivity index (χ0) is 10.4. The first-order valence-electron chi connectivity index (χ1n) is 4.79. The van der Waals surface area contributed by atoms with Gasteiger partial charge >= 0.3 is 5.97 Å². The molecule has 0 amide bonds. The van der Waals surface area contributed by atoms with Crippen molar-refractivity contribution in [3.63, 3.8) is 0 Å². The first kappa shape index (κ1) is 8.80. The fourth-order valence-corrected chi connectivity index (χ4v) is 2.44. The standard InChI is InChI=1S/C12H8O2S/c13-11-6-9-8-4-2-1-3-7(8)5-10(15)12(9)14-11/h1-4,6,12H,5H2. The summed E-state index contributed by atoms with van der Waals surface area (Å²) in [5.41, 5.74) is 3.21. The second-order valence-corrected chi connectivity index (χ2v) is 4.24. The maximum Gasteiger partial charge on any atom is 0.332 e. The highest BCUT2D eigenvalue weighted by Gasteiger charge is 2.35. The molecule has 0 spiro atoms. The quantitative estimate of drug-likeness (QED) is 0.489. The molecule has 1 aromatic rings. The first-order valence-corrected chi connectivity index (χ1v) is 5.20. The summed E-state index contributed by atoms with van der Waals surface area (Å²) in [6.45, 7) is 0. The number of hydrogen-bond acceptors (Lipinski definition) is 3. The predicted molar refractivity (Wildman–Crippen MR) is 60.6 cm³/mol. The summed E-state index contributed by atoms with van der Waals surface area (Å²) in [6.07, 6.45) is 1.98. The van der Waals surface area contributed by atoms with Crippen LogP contribution in [0.5, 0.6) is 0 Å². The lowest BCUT2D eigenvalue weighted by molar-refractivity contribution is -0.136. The van der Waals surface area contributed by atoms with Crippen LogP contribution in [0.3, 0.4) is 0 Å². The fraction of sp³-hybridized carbons (Fsp3) is 0.167. The molecule has 3 rings (SSSR count). The second-order valence-electron chi connectivity index (χ2n) is 3.72. The lowest BCUT2D eigenvalue weighted by atomic mass is 9.86. The Hall–Kier alpha value is -1.48. The third-order valence-electron chi connectivity index (χ3n) is 2.78. The van der Waals surface area contributed by atoms with Gasteiger partial charge in [0.05, 0.1) is 0 Å². The van der Waals surface area contributed by atoms with Crippen molar-refractivity contribution in [1.82, 2.24) is 0 Å². The van der Waals surface area contributed by atoms with Gasteiger partial charge in [0.1, 0.15) is 0 Å². The molecule has 0 saturated carbocycles. The summed E-state index contributed by atoms with van der Waals surface area (Å²) in [5, 5.41) is 0. The van der Waals surface area contributed by atoms with Gasteiger partial charge in [0.15, 0.2) is 6.10 Å². The summed E-state index contributed by atoms with van der Waals surface area (Å²) in [4.78, 5) is 12.0. The number of carbonyl (C=O) groups excluding carboxylic acids is 1. The zero-order valence-electron chi connectivity index (χ0n) is 7.90. The Kier molecular flexibility index (Phi) is 1.76. The molecule has 0 radical (unpaired) electrons. The van der Waals surface area contributed by atoms with Gasteiger partial charge in [-0.3, -0.25) is 0 Å². The largest absolute Gasteiger partial charge is 0.449 e. The van der Waals surface area contributed by atoms with E-state index in [9.17, 15) is 4.79 Å². The van der Waals surface area contributed by atoms with Crippen LogP contribution >= 0.6 is 12.2 Å². The Morgan fingerprint density at radius 1 is 1.33 bits per heavy atom. The van der Waals surface area contributed by atoms with Gasteiger partial charge in [-0.1, -0.05) is 36.5 Å². The van der Waals surface area contributed by atoms with Crippen molar-refractivity contribution in [2.24, 2.45) is 0 Å². The summed E-state index contributed by atoms with van der Waals surface area (Å²) < 4.78 is 5.16. The molecule has 1 aliphatic carbocycles. The van der Waals surface area contributed by atoms with Crippen molar-refractivity contribution in [1.29, 1.82) is 0 Å². The monoisotopic (exact) mass is 216 g/mol. The number of thiocarbonyl (C=S) groups is 1. The molecule has 1 atom stereocenters. The van der Waals surface area contributed by atoms with Gasteiger partial charge < -0.3 is 4.74 Å². The van der Waals surface area contributed by atoms with Crippen LogP contribution in [-0.2, 0) is 16.0 Å². The Balaban J connectivity index is 2.22. The molecular formula is C12H8O2S. The number of esters is 1. The predicted octanol–water partition coefficient (Wildman–Crippen LogP) is 1.92. The van der Waals surface area contributed by atoms with Gasteiger partial charge in [-0.2, -0.15) is 0 Å². The average Bonchev–Trinajstić information content (AvgIpc) is 2.61. The third-order valence-corrected chi connectivity index (χ3v) is 3.13. The molecule has 0 fully saturated rings. The smallest absolute Gasteiger partial charge is 0.332 e. The first-order chi connectivity index (χ1) is 7.25. The van der Waals surface area contributed by atoms with E-state index in [4.69, 9.17) is 17.0 Å². The minimum atomic E-state index is -0.289. The molecule has 0 bridgehead atoms. The summed E-state index contributed by atoms with van der Waals surface area (Å²) >= 11 is 5.25. The average molecular weight is 216 g/mol. The van der Waals surface area contributed by atoms with Crippen LogP contribution in [0.4, 0.5) is 0 Å². The Labute approximate surface area is 92.6 Å². The molecule has 1 aromatic carbocycles. The molecule has 0 aromatic heterocycles. The summed E-state index contributed by atoms with van der Waals surface area (Å²) in [7, 11) is 0. The van der Waals surface area contributed by atoms with Gasteiger partial charge in [-0.05, 0) is 11.1 Å². The number of carbonyl (C=O) groups is 1. The van der Waals surface area contributed by atoms with Crippen LogP contribution in [0.2, 0.25) is 0 Å². The third kappa shape index (κ3) is 1.23. The van der Waals surface area contributed by atoms with Crippen LogP contribution in [0.15, 0.2) is 30.3 Å². The van der Waals surface area contributed by atoms with Crippen LogP contribution in [0.25, 0.3) is 5.57 Å². The number of ether oxygens (including phenoxy) is 1. The molecule has 1 unspecified atom stereocenters. The molecule has 1 aliphatic heterocycles. The number of rotatable bonds is 0. The highest BCUT2D eigenvalue weighted by molar-refractivity contribution is 7.80. The van der Waals surface area contributed by atoms with E-state index in [1.54, 1.807) is 6.08 Å². The van der Waals surface area contributed by atoms with E-state index in [0.29, 0.717) is 0 Å². The van der Waals surface area contributed by atoms with Gasteiger partial charge in [0, 0.05) is 22.9 Å². The van der Waals surface area contributed by atoms with E-state index in [-0.39, 0.29) is 12.1 Å². The maximum absolute atomic E-state index is 11.2. The van der Waals surface area contributed by atoms with Crippen LogP contribution in [-0.4, -0.2) is 16.9 Å². The lowest BCUT2D eigenvalue weighted by Gasteiger charge is -2.23. The second kappa shape index (κ2) is 3.00. The van der Waals surface area contributed by atoms with Crippen molar-refractivity contribution < 1.29 is 9.53 Å². The zero-order valence-corrected chi connectivity index (χ0v) is 8.71. The molecule has 15 heavy (non-hydrogen) atoms. The van der Waals surface area contributed by atoms with Gasteiger partial charge in [-0.25, -0.2) is 4.79 Å². The van der Waals surface area contributed by atoms with E-state index < -0.39 is 0 Å². The minimum Gasteiger partial charge on any atom is -0.449 e. The molecular weight excluding hydrogens is 208 g/mol. The topological polar surface area (TPSA) is 26.3 Å². The highest BCUT2D eigenvalue weighted by atomic mass is 32.1. The lowest BCUT2D eigenvalue weighted by Crippen LogP contribution is -2.27. The molecule has 2 nitrogen and oxygen atoms in total. The van der Waals surface area contributed by atoms with Gasteiger partial charge in [0.2, 0.25) is 0 Å². The number of hydrogen-bond donors (Lipinski definition) is 0. The van der Waals surface area contributed by atoms with Crippen molar-refractivity contribution in [3.05, 3.63) is 41.5 Å². The Morgan fingerprint density at radius 2 is 2.13 bits per heavy atom. The van der Waals surface area contributed by atoms with E-state index in [2.05, 4.69) is 0 Å². The van der Waals surface area contributed by atoms with Crippen molar-refractivity contribution in [3.8, 4) is 0 Å². The van der Waals surface area contributed by atoms with Crippen molar-refractivity contribution in [2.75, 3.05) is 0 Å². The highest BCUT2D eigenvalue weighted by Crippen LogP contribution is 2.34. The molecule has 1 heterocycles. The normalized spacial score (nSPS) is 22.9. The minimum absolute atomic E-state index is 0.283. The van der Waals surface area contributed by atoms with Crippen molar-refractivity contribution >= 4 is 28.6 Å². The van der Waals surface area contributed by atoms with Gasteiger partial charge in [0.25, 0.3) is 0 Å². The Bertz CT molecular complexity index is 502. The van der Waals surface area contributed by atoms with Crippen LogP contribution in [0, 0.1) is 0 Å². The van der Waals surface area contributed by atoms with E-state index >= 15 is 0 Å². The van der Waals surface area contributed by atoms with E-state index in [1.807, 2.05) is 24.3 Å². The number of fused-ring (bicyclic) bond motifs is 3. The summed E-state index contributed by atoms with van der Waals surface area (Å²) in [6, 6.07) is 8.01. The van der Waals surface area contributed by atoms with Crippen LogP contribution < -0.4 is 0 Å². The maximum atomic E-state index is 11.2. The van der Waals surface area contributed by atoms with Crippen molar-refractivity contribution in [2.45, 2.75) is 12.5 Å². The molecule has 74 valence electrons. The van der Waals surface area contributed by atoms with E-state index in [0.717, 1.165) is 22.4 Å². The van der Waals surface area contributed by atoms with E-state index in [1.165, 1.54) is 5.56 Å². The van der Waals surface area contributed by atoms with Crippen LogP contribution in [0.1, 0.15) is 11.1 Å². The Morgan fingerprint density at radius 3 is 3.00 bits per heavy atom. The number of benzene rings is 1. The molecule has 0 saturated heterocycles. The SMILES string of the molecule is O=C1C=C2c3ccccc3CC(=S)C2O1. The summed E-state index contributed by atoms with van der Waals surface area (Å²) in [5.74, 6) is -0.283. The fourth-order valence-electron chi connectivity index (χ4n) is 2.11. The molecule has 2 aliphatic rings. The van der Waals surface area contributed by atoms with Gasteiger partial charge in [-0.15, -0.1) is 0 Å². The molecule has 0 N–H and O–H groups in total.